The van der Waals surface area contributed by atoms with Crippen molar-refractivity contribution < 1.29 is 42.4 Å². The molecular weight excluding hydrogens is 884 g/mol. The first-order chi connectivity index (χ1) is 32.3. The van der Waals surface area contributed by atoms with Crippen molar-refractivity contribution in [3.8, 4) is 17.6 Å². The first-order valence-corrected chi connectivity index (χ1v) is 22.8. The van der Waals surface area contributed by atoms with Crippen LogP contribution in [0.4, 0.5) is 16.2 Å². The number of anilines is 1. The minimum Gasteiger partial charge on any atom is -0.497 e. The van der Waals surface area contributed by atoms with E-state index in [1.807, 2.05) is 107 Å². The third-order valence-corrected chi connectivity index (χ3v) is 13.1. The lowest BCUT2D eigenvalue weighted by Crippen LogP contribution is -2.39. The van der Waals surface area contributed by atoms with Crippen molar-refractivity contribution in [2.24, 2.45) is 0 Å². The highest BCUT2D eigenvalue weighted by Gasteiger charge is 2.45. The number of nitriles is 1. The van der Waals surface area contributed by atoms with Gasteiger partial charge in [0.05, 0.1) is 57.6 Å². The Balaban J connectivity index is 1.35. The molecule has 1 fully saturated rings. The van der Waals surface area contributed by atoms with Crippen LogP contribution in [0.25, 0.3) is 0 Å². The van der Waals surface area contributed by atoms with Gasteiger partial charge in [-0.05, 0) is 74.2 Å². The number of nitrogens with one attached hydrogen (secondary N) is 2. The summed E-state index contributed by atoms with van der Waals surface area (Å²) in [5, 5.41) is 22.8. The van der Waals surface area contributed by atoms with Gasteiger partial charge in [-0.2, -0.15) is 5.26 Å². The zero-order valence-corrected chi connectivity index (χ0v) is 39.1. The second kappa shape index (κ2) is 23.3. The Hall–Kier alpha value is -6.45. The number of H-pyrrole nitrogens is 1. The monoisotopic (exact) mass is 938 g/mol. The van der Waals surface area contributed by atoms with E-state index in [2.05, 4.69) is 21.0 Å². The zero-order chi connectivity index (χ0) is 48.1. The van der Waals surface area contributed by atoms with Crippen molar-refractivity contribution in [2.45, 2.75) is 83.1 Å². The topological polar surface area (TPSA) is 219 Å². The molecule has 354 valence electrons. The lowest BCUT2D eigenvalue weighted by atomic mass is 9.80. The number of aromatic amines is 1. The van der Waals surface area contributed by atoms with Crippen LogP contribution in [0.1, 0.15) is 69.0 Å². The van der Waals surface area contributed by atoms with Crippen LogP contribution in [-0.2, 0) is 35.3 Å². The summed E-state index contributed by atoms with van der Waals surface area (Å²) in [7, 11) is 1.38. The molecule has 0 spiro atoms. The zero-order valence-electron chi connectivity index (χ0n) is 38.2. The fraction of sp³-hybridized carbons (Fsp3) is 0.375. The van der Waals surface area contributed by atoms with Gasteiger partial charge in [0, 0.05) is 43.3 Å². The summed E-state index contributed by atoms with van der Waals surface area (Å²) in [6.07, 6.45) is -2.01. The van der Waals surface area contributed by atoms with Gasteiger partial charge >= 0.3 is 11.8 Å². The van der Waals surface area contributed by atoms with E-state index in [0.717, 1.165) is 16.7 Å². The number of nitrogens with zero attached hydrogens (tertiary/aromatic N) is 4. The van der Waals surface area contributed by atoms with Gasteiger partial charge < -0.3 is 32.7 Å². The maximum absolute atomic E-state index is 13.6. The molecule has 0 radical (unpaired) electrons. The molecule has 1 aromatic heterocycles. The summed E-state index contributed by atoms with van der Waals surface area (Å²) in [6.45, 7) is 8.00. The molecule has 1 amide bonds. The predicted molar refractivity (Wildman–Crippen MR) is 250 cm³/mol. The van der Waals surface area contributed by atoms with E-state index in [1.54, 1.807) is 26.4 Å². The highest BCUT2D eigenvalue weighted by molar-refractivity contribution is 7.44. The molecule has 6 rings (SSSR count). The van der Waals surface area contributed by atoms with Crippen LogP contribution in [-0.4, -0.2) is 83.6 Å². The Morgan fingerprint density at radius 3 is 2.07 bits per heavy atom. The summed E-state index contributed by atoms with van der Waals surface area (Å²) in [5.41, 5.74) is -0.226. The molecule has 4 atom stereocenters. The average Bonchev–Trinajstić information content (AvgIpc) is 3.72. The van der Waals surface area contributed by atoms with Crippen LogP contribution < -0.4 is 26.0 Å². The number of hydrogen-bond acceptors (Lipinski definition) is 14. The Kier molecular flexibility index (Phi) is 17.4. The molecule has 18 nitrogen and oxygen atoms in total. The summed E-state index contributed by atoms with van der Waals surface area (Å²) in [5.74, 6) is 1.30. The molecule has 67 heavy (non-hydrogen) atoms. The van der Waals surface area contributed by atoms with Gasteiger partial charge in [-0.15, -0.1) is 0 Å². The third-order valence-electron chi connectivity index (χ3n) is 11.0. The number of rotatable bonds is 22. The van der Waals surface area contributed by atoms with E-state index in [-0.39, 0.29) is 62.5 Å². The lowest BCUT2D eigenvalue weighted by Gasteiger charge is -2.39. The van der Waals surface area contributed by atoms with Crippen LogP contribution in [0.3, 0.4) is 0 Å². The molecule has 1 unspecified atom stereocenters. The van der Waals surface area contributed by atoms with Gasteiger partial charge in [-0.1, -0.05) is 66.7 Å². The second-order valence-electron chi connectivity index (χ2n) is 16.0. The summed E-state index contributed by atoms with van der Waals surface area (Å²) < 4.78 is 46.8. The maximum Gasteiger partial charge on any atom is 0.411 e. The smallest absolute Gasteiger partial charge is 0.411 e. The number of aromatic nitrogens is 2. The van der Waals surface area contributed by atoms with Crippen molar-refractivity contribution in [2.75, 3.05) is 39.4 Å². The number of methoxy groups -OCH3 is 2. The minimum atomic E-state index is -1.81. The van der Waals surface area contributed by atoms with E-state index in [4.69, 9.17) is 32.7 Å². The molecule has 0 aliphatic carbocycles. The fourth-order valence-corrected chi connectivity index (χ4v) is 9.56. The number of benzene rings is 4. The number of carbonyl (C=O) groups excluding carboxylic acids is 1. The molecular formula is C48H55N6O12P. The van der Waals surface area contributed by atoms with Gasteiger partial charge in [-0.3, -0.25) is 29.8 Å². The van der Waals surface area contributed by atoms with Gasteiger partial charge in [0.2, 0.25) is 0 Å². The Morgan fingerprint density at radius 1 is 0.925 bits per heavy atom. The highest BCUT2D eigenvalue weighted by atomic mass is 31.2. The van der Waals surface area contributed by atoms with Crippen LogP contribution >= 0.6 is 8.53 Å². The number of nitro benzene ring substituents is 1. The molecule has 0 saturated carbocycles. The molecule has 19 heteroatoms. The largest absolute Gasteiger partial charge is 0.497 e. The molecule has 1 aliphatic heterocycles. The number of nitro groups is 1. The van der Waals surface area contributed by atoms with Gasteiger partial charge in [-0.25, -0.2) is 14.3 Å². The van der Waals surface area contributed by atoms with E-state index in [1.165, 1.54) is 22.9 Å². The number of hydrogen-bond donors (Lipinski definition) is 2. The van der Waals surface area contributed by atoms with E-state index < -0.39 is 54.8 Å². The first kappa shape index (κ1) is 50.0. The average molecular weight is 939 g/mol. The summed E-state index contributed by atoms with van der Waals surface area (Å²) in [4.78, 5) is 52.4. The second-order valence-corrected chi connectivity index (χ2v) is 17.4. The first-order valence-electron chi connectivity index (χ1n) is 21.7. The normalized spacial score (nSPS) is 16.4. The van der Waals surface area contributed by atoms with Crippen LogP contribution in [0, 0.1) is 21.4 Å². The van der Waals surface area contributed by atoms with Crippen molar-refractivity contribution in [3.05, 3.63) is 163 Å². The van der Waals surface area contributed by atoms with Crippen molar-refractivity contribution in [3.63, 3.8) is 0 Å². The number of carbonyl (C=O) groups is 1. The van der Waals surface area contributed by atoms with Gasteiger partial charge in [0.15, 0.2) is 0 Å². The quantitative estimate of drug-likeness (QED) is 0.0220. The molecule has 4 aromatic carbocycles. The lowest BCUT2D eigenvalue weighted by molar-refractivity contribution is -0.384. The van der Waals surface area contributed by atoms with Crippen molar-refractivity contribution >= 4 is 26.0 Å². The highest BCUT2D eigenvalue weighted by Crippen LogP contribution is 2.51. The van der Waals surface area contributed by atoms with Crippen LogP contribution in [0.15, 0.2) is 119 Å². The van der Waals surface area contributed by atoms with E-state index in [0.29, 0.717) is 17.1 Å². The molecule has 1 saturated heterocycles. The number of ether oxygens (including phenoxy) is 5. The van der Waals surface area contributed by atoms with Gasteiger partial charge in [0.25, 0.3) is 19.8 Å². The molecule has 5 aromatic rings. The Bertz CT molecular complexity index is 2510. The van der Waals surface area contributed by atoms with E-state index >= 15 is 0 Å². The molecule has 1 aliphatic rings. The Labute approximate surface area is 389 Å². The number of amides is 1. The predicted octanol–water partition coefficient (Wildman–Crippen LogP) is 8.21. The number of non-ortho nitro benzene ring substituents is 1. The molecule has 2 heterocycles. The minimum absolute atomic E-state index is 0.0266. The van der Waals surface area contributed by atoms with Crippen LogP contribution in [0.5, 0.6) is 11.5 Å². The molecule has 2 N–H and O–H groups in total. The SMILES string of the molecule is COc1ccc(C(OC[C@H]2O[C@@H](n3cc(NC(=O)OCCc4ccc([N+](=O)[O-])cc4)c(=O)[nH]c3=O)C[C@@H]2OP(OCCC#N)N(C(C)C)C(C)C)(c2ccccc2)c2ccc(OC)cc2)cc1. The van der Waals surface area contributed by atoms with Gasteiger partial charge in [0.1, 0.15) is 35.1 Å². The summed E-state index contributed by atoms with van der Waals surface area (Å²) >= 11 is 0. The maximum atomic E-state index is 13.6. The van der Waals surface area contributed by atoms with Crippen molar-refractivity contribution in [1.29, 1.82) is 5.26 Å². The summed E-state index contributed by atoms with van der Waals surface area (Å²) in [6, 6.07) is 32.8. The molecule has 0 bridgehead atoms. The standard InChI is InChI=1S/C48H55N6O12P/c1-32(2)53(33(3)4)67(64-27-10-26-49)66-42-29-44(52-30-41(45(55)51-46(52)56)50-47(57)62-28-25-34-13-19-38(20-14-34)54(58)59)65-43(42)31-63-48(35-11-8-7-9-12-35,36-15-21-39(60-5)22-16-36)37-17-23-40(61-6)24-18-37/h7-9,11-24,30,32-33,42-44H,10,25,27-29,31H2,1-6H3,(H,50,57)(H,51,55,56)/t42-,43+,44+,67?/m0/s1. The van der Waals surface area contributed by atoms with E-state index in [9.17, 15) is 29.8 Å². The third kappa shape index (κ3) is 12.3. The Morgan fingerprint density at radius 2 is 1.52 bits per heavy atom. The van der Waals surface area contributed by atoms with Crippen molar-refractivity contribution in [1.82, 2.24) is 14.2 Å². The fourth-order valence-electron chi connectivity index (χ4n) is 7.80. The van der Waals surface area contributed by atoms with Crippen LogP contribution in [0.2, 0.25) is 0 Å².